The highest BCUT2D eigenvalue weighted by Crippen LogP contribution is 2.23. The molecule has 1 fully saturated rings. The summed E-state index contributed by atoms with van der Waals surface area (Å²) < 4.78 is 0. The van der Waals surface area contributed by atoms with Crippen molar-refractivity contribution in [3.8, 4) is 6.07 Å². The van der Waals surface area contributed by atoms with Crippen LogP contribution in [0.1, 0.15) is 53.4 Å². The molecule has 1 aliphatic rings. The summed E-state index contributed by atoms with van der Waals surface area (Å²) in [5, 5.41) is 11.0. The van der Waals surface area contributed by atoms with Crippen molar-refractivity contribution in [1.29, 1.82) is 5.26 Å². The Balaban J connectivity index is 0.000000321. The molecule has 102 valence electrons. The van der Waals surface area contributed by atoms with E-state index in [9.17, 15) is 9.59 Å². The third-order valence-electron chi connectivity index (χ3n) is 2.99. The van der Waals surface area contributed by atoms with E-state index in [1.807, 2.05) is 19.9 Å². The Bertz CT molecular complexity index is 315. The smallest absolute Gasteiger partial charge is 0.220 e. The Hall–Kier alpha value is -1.37. The summed E-state index contributed by atoms with van der Waals surface area (Å²) in [6, 6.07) is 2.00. The summed E-state index contributed by atoms with van der Waals surface area (Å²) in [6.45, 7) is 8.85. The first-order chi connectivity index (χ1) is 8.22. The van der Waals surface area contributed by atoms with Gasteiger partial charge in [-0.2, -0.15) is 5.26 Å². The molecule has 0 spiro atoms. The van der Waals surface area contributed by atoms with Gasteiger partial charge in [0, 0.05) is 24.8 Å². The second-order valence-corrected chi connectivity index (χ2v) is 6.21. The maximum absolute atomic E-state index is 10.6. The molecule has 1 N–H and O–H groups in total. The zero-order chi connectivity index (χ0) is 14.2. The first-order valence-electron chi connectivity index (χ1n) is 6.32. The van der Waals surface area contributed by atoms with Gasteiger partial charge >= 0.3 is 0 Å². The molecule has 0 saturated carbocycles. The van der Waals surface area contributed by atoms with Crippen molar-refractivity contribution >= 4 is 12.2 Å². The largest absolute Gasteiger partial charge is 0.356 e. The lowest BCUT2D eigenvalue weighted by molar-refractivity contribution is -0.123. The molecule has 18 heavy (non-hydrogen) atoms. The molecule has 4 nitrogen and oxygen atoms in total. The molecule has 0 aromatic rings. The minimum atomic E-state index is -0.310. The van der Waals surface area contributed by atoms with Gasteiger partial charge in [-0.25, -0.2) is 0 Å². The number of nitrogens with one attached hydrogen (secondary N) is 1. The van der Waals surface area contributed by atoms with Crippen LogP contribution in [0.2, 0.25) is 0 Å². The third kappa shape index (κ3) is 7.83. The minimum Gasteiger partial charge on any atom is -0.356 e. The van der Waals surface area contributed by atoms with E-state index in [1.165, 1.54) is 0 Å². The van der Waals surface area contributed by atoms with Crippen molar-refractivity contribution in [2.75, 3.05) is 6.54 Å². The van der Waals surface area contributed by atoms with E-state index < -0.39 is 0 Å². The monoisotopic (exact) mass is 252 g/mol. The quantitative estimate of drug-likeness (QED) is 0.784. The second-order valence-electron chi connectivity index (χ2n) is 6.21. The van der Waals surface area contributed by atoms with Crippen LogP contribution in [0.25, 0.3) is 0 Å². The number of hydrogen-bond donors (Lipinski definition) is 1. The number of nitrogens with zero attached hydrogens (tertiary/aromatic N) is 1. The highest BCUT2D eigenvalue weighted by molar-refractivity contribution is 5.76. The maximum atomic E-state index is 10.6. The van der Waals surface area contributed by atoms with Gasteiger partial charge in [-0.1, -0.05) is 27.7 Å². The SMILES string of the molecule is CC(C)(C=O)CCC#N.CC1(C)CCC(=O)NC1. The average Bonchev–Trinajstić information content (AvgIpc) is 2.32. The summed E-state index contributed by atoms with van der Waals surface area (Å²) in [4.78, 5) is 20.9. The van der Waals surface area contributed by atoms with Crippen LogP contribution in [-0.2, 0) is 9.59 Å². The van der Waals surface area contributed by atoms with Crippen LogP contribution in [0.4, 0.5) is 0 Å². The molecular formula is C14H24N2O2. The number of nitriles is 1. The number of aldehydes is 1. The Labute approximate surface area is 110 Å². The van der Waals surface area contributed by atoms with Crippen molar-refractivity contribution in [2.45, 2.75) is 53.4 Å². The van der Waals surface area contributed by atoms with Crippen molar-refractivity contribution in [1.82, 2.24) is 5.32 Å². The summed E-state index contributed by atoms with van der Waals surface area (Å²) in [6.07, 6.45) is 3.74. The Morgan fingerprint density at radius 3 is 2.44 bits per heavy atom. The van der Waals surface area contributed by atoms with Gasteiger partial charge in [-0.15, -0.1) is 0 Å². The van der Waals surface area contributed by atoms with E-state index in [-0.39, 0.29) is 11.3 Å². The van der Waals surface area contributed by atoms with Gasteiger partial charge in [0.05, 0.1) is 6.07 Å². The summed E-state index contributed by atoms with van der Waals surface area (Å²) in [7, 11) is 0. The fourth-order valence-electron chi connectivity index (χ4n) is 1.40. The van der Waals surface area contributed by atoms with Crippen LogP contribution in [0.15, 0.2) is 0 Å². The molecular weight excluding hydrogens is 228 g/mol. The summed E-state index contributed by atoms with van der Waals surface area (Å²) in [5.41, 5.74) is 0.0175. The lowest BCUT2D eigenvalue weighted by atomic mass is 9.85. The lowest BCUT2D eigenvalue weighted by Crippen LogP contribution is -2.39. The molecule has 1 amide bonds. The zero-order valence-corrected chi connectivity index (χ0v) is 11.9. The zero-order valence-electron chi connectivity index (χ0n) is 11.9. The van der Waals surface area contributed by atoms with Gasteiger partial charge in [0.2, 0.25) is 5.91 Å². The average molecular weight is 252 g/mol. The van der Waals surface area contributed by atoms with Crippen molar-refractivity contribution in [3.05, 3.63) is 0 Å². The van der Waals surface area contributed by atoms with E-state index >= 15 is 0 Å². The van der Waals surface area contributed by atoms with E-state index in [1.54, 1.807) is 0 Å². The summed E-state index contributed by atoms with van der Waals surface area (Å²) >= 11 is 0. The van der Waals surface area contributed by atoms with Gasteiger partial charge in [0.25, 0.3) is 0 Å². The molecule has 0 aromatic heterocycles. The third-order valence-corrected chi connectivity index (χ3v) is 2.99. The van der Waals surface area contributed by atoms with Crippen LogP contribution in [0.3, 0.4) is 0 Å². The number of amides is 1. The van der Waals surface area contributed by atoms with Crippen molar-refractivity contribution < 1.29 is 9.59 Å². The van der Waals surface area contributed by atoms with Crippen LogP contribution >= 0.6 is 0 Å². The van der Waals surface area contributed by atoms with Gasteiger partial charge in [0.15, 0.2) is 0 Å². The lowest BCUT2D eigenvalue weighted by Gasteiger charge is -2.29. The van der Waals surface area contributed by atoms with Crippen LogP contribution in [0.5, 0.6) is 0 Å². The Morgan fingerprint density at radius 1 is 1.50 bits per heavy atom. The van der Waals surface area contributed by atoms with Crippen molar-refractivity contribution in [2.24, 2.45) is 10.8 Å². The molecule has 0 bridgehead atoms. The normalized spacial score (nSPS) is 17.8. The number of hydrogen-bond acceptors (Lipinski definition) is 3. The fourth-order valence-corrected chi connectivity index (χ4v) is 1.40. The van der Waals surface area contributed by atoms with E-state index in [0.717, 1.165) is 19.3 Å². The maximum Gasteiger partial charge on any atom is 0.220 e. The van der Waals surface area contributed by atoms with Gasteiger partial charge in [0.1, 0.15) is 6.29 Å². The second kappa shape index (κ2) is 7.15. The Kier molecular flexibility index (Phi) is 6.61. The molecule has 0 radical (unpaired) electrons. The van der Waals surface area contributed by atoms with Crippen LogP contribution in [0, 0.1) is 22.2 Å². The first kappa shape index (κ1) is 16.6. The molecule has 0 atom stereocenters. The molecule has 1 saturated heterocycles. The Morgan fingerprint density at radius 2 is 2.11 bits per heavy atom. The first-order valence-corrected chi connectivity index (χ1v) is 6.32. The van der Waals surface area contributed by atoms with Crippen molar-refractivity contribution in [3.63, 3.8) is 0 Å². The number of carbonyl (C=O) groups excluding carboxylic acids is 2. The molecule has 0 aromatic carbocycles. The molecule has 1 heterocycles. The van der Waals surface area contributed by atoms with Gasteiger partial charge in [-0.3, -0.25) is 4.79 Å². The van der Waals surface area contributed by atoms with E-state index in [0.29, 0.717) is 24.7 Å². The molecule has 4 heteroatoms. The molecule has 1 aliphatic heterocycles. The fraction of sp³-hybridized carbons (Fsp3) is 0.786. The highest BCUT2D eigenvalue weighted by atomic mass is 16.1. The molecule has 1 rings (SSSR count). The van der Waals surface area contributed by atoms with Crippen LogP contribution < -0.4 is 5.32 Å². The van der Waals surface area contributed by atoms with E-state index in [4.69, 9.17) is 5.26 Å². The predicted molar refractivity (Wildman–Crippen MR) is 70.7 cm³/mol. The predicted octanol–water partition coefficient (Wildman–Crippen LogP) is 2.44. The topological polar surface area (TPSA) is 70.0 Å². The highest BCUT2D eigenvalue weighted by Gasteiger charge is 2.24. The molecule has 0 unspecified atom stereocenters. The number of piperidine rings is 1. The van der Waals surface area contributed by atoms with Crippen LogP contribution in [-0.4, -0.2) is 18.7 Å². The number of rotatable bonds is 3. The molecule has 0 aliphatic carbocycles. The summed E-state index contributed by atoms with van der Waals surface area (Å²) in [5.74, 6) is 0.203. The van der Waals surface area contributed by atoms with E-state index in [2.05, 4.69) is 19.2 Å². The van der Waals surface area contributed by atoms with Gasteiger partial charge < -0.3 is 10.1 Å². The minimum absolute atomic E-state index is 0.203. The number of carbonyl (C=O) groups is 2. The standard InChI is InChI=1S/C7H13NO.C7H11NO/c1-7(2)4-3-6(9)8-5-7;1-7(2,6-9)4-3-5-8/h3-5H2,1-2H3,(H,8,9);6H,3-4H2,1-2H3. The van der Waals surface area contributed by atoms with Gasteiger partial charge in [-0.05, 0) is 18.3 Å².